The highest BCUT2D eigenvalue weighted by Gasteiger charge is 2.28. The minimum absolute atomic E-state index is 0.173. The largest absolute Gasteiger partial charge is 0.405 e. The second-order valence-electron chi connectivity index (χ2n) is 3.91. The van der Waals surface area contributed by atoms with E-state index in [-0.39, 0.29) is 5.56 Å². The number of nitrogens with zero attached hydrogens (tertiary/aromatic N) is 1. The Balaban J connectivity index is 2.86. The first-order valence-electron chi connectivity index (χ1n) is 5.95. The molecule has 1 aromatic rings. The molecule has 1 aromatic heterocycles. The Morgan fingerprint density at radius 1 is 1.32 bits per heavy atom. The SMILES string of the molecule is CCNc1cc(C(=O)NCC(F)(F)F)cc(CC)n1. The second-order valence-corrected chi connectivity index (χ2v) is 3.91. The van der Waals surface area contributed by atoms with Gasteiger partial charge < -0.3 is 10.6 Å². The maximum atomic E-state index is 12.0. The summed E-state index contributed by atoms with van der Waals surface area (Å²) in [7, 11) is 0. The van der Waals surface area contributed by atoms with Crippen molar-refractivity contribution in [3.05, 3.63) is 23.4 Å². The van der Waals surface area contributed by atoms with Crippen molar-refractivity contribution in [3.63, 3.8) is 0 Å². The minimum atomic E-state index is -4.42. The van der Waals surface area contributed by atoms with Crippen molar-refractivity contribution in [2.24, 2.45) is 0 Å². The van der Waals surface area contributed by atoms with Crippen LogP contribution in [0, 0.1) is 0 Å². The Kier molecular flexibility index (Phi) is 5.14. The van der Waals surface area contributed by atoms with Crippen molar-refractivity contribution in [1.82, 2.24) is 10.3 Å². The normalized spacial score (nSPS) is 11.2. The third-order valence-electron chi connectivity index (χ3n) is 2.31. The molecule has 0 saturated carbocycles. The van der Waals surface area contributed by atoms with E-state index in [4.69, 9.17) is 0 Å². The number of carbonyl (C=O) groups excluding carboxylic acids is 1. The number of halogens is 3. The number of rotatable bonds is 5. The molecule has 1 rings (SSSR count). The van der Waals surface area contributed by atoms with E-state index >= 15 is 0 Å². The summed E-state index contributed by atoms with van der Waals surface area (Å²) in [5, 5.41) is 4.78. The van der Waals surface area contributed by atoms with E-state index in [0.29, 0.717) is 24.5 Å². The number of aryl methyl sites for hydroxylation is 1. The van der Waals surface area contributed by atoms with Crippen LogP contribution in [0.1, 0.15) is 29.9 Å². The number of hydrogen-bond donors (Lipinski definition) is 2. The van der Waals surface area contributed by atoms with Gasteiger partial charge in [-0.25, -0.2) is 4.98 Å². The summed E-state index contributed by atoms with van der Waals surface area (Å²) in [5.41, 5.74) is 0.822. The predicted octanol–water partition coefficient (Wildman–Crippen LogP) is 2.37. The van der Waals surface area contributed by atoms with E-state index in [2.05, 4.69) is 10.3 Å². The third-order valence-corrected chi connectivity index (χ3v) is 2.31. The Labute approximate surface area is 109 Å². The Morgan fingerprint density at radius 2 is 2.00 bits per heavy atom. The molecule has 0 spiro atoms. The lowest BCUT2D eigenvalue weighted by molar-refractivity contribution is -0.123. The summed E-state index contributed by atoms with van der Waals surface area (Å²) in [6.45, 7) is 3.00. The highest BCUT2D eigenvalue weighted by molar-refractivity contribution is 5.95. The monoisotopic (exact) mass is 275 g/mol. The van der Waals surface area contributed by atoms with E-state index in [9.17, 15) is 18.0 Å². The van der Waals surface area contributed by atoms with Gasteiger partial charge in [0.2, 0.25) is 0 Å². The number of hydrogen-bond acceptors (Lipinski definition) is 3. The molecule has 0 aliphatic carbocycles. The van der Waals surface area contributed by atoms with Crippen LogP contribution in [0.25, 0.3) is 0 Å². The first kappa shape index (κ1) is 15.3. The number of carbonyl (C=O) groups is 1. The molecule has 1 heterocycles. The average molecular weight is 275 g/mol. The van der Waals surface area contributed by atoms with Gasteiger partial charge in [0, 0.05) is 17.8 Å². The lowest BCUT2D eigenvalue weighted by Crippen LogP contribution is -2.33. The van der Waals surface area contributed by atoms with Crippen LogP contribution in [0.15, 0.2) is 12.1 Å². The fourth-order valence-electron chi connectivity index (χ4n) is 1.45. The van der Waals surface area contributed by atoms with Gasteiger partial charge in [-0.05, 0) is 25.5 Å². The second kappa shape index (κ2) is 6.40. The molecule has 0 saturated heterocycles. The van der Waals surface area contributed by atoms with Crippen molar-refractivity contribution in [1.29, 1.82) is 0 Å². The van der Waals surface area contributed by atoms with Gasteiger partial charge in [0.1, 0.15) is 12.4 Å². The zero-order valence-corrected chi connectivity index (χ0v) is 10.8. The van der Waals surface area contributed by atoms with Crippen LogP contribution in [0.4, 0.5) is 19.0 Å². The first-order valence-corrected chi connectivity index (χ1v) is 5.95. The number of pyridine rings is 1. The molecule has 1 amide bonds. The first-order chi connectivity index (χ1) is 8.85. The van der Waals surface area contributed by atoms with Gasteiger partial charge in [-0.15, -0.1) is 0 Å². The summed E-state index contributed by atoms with van der Waals surface area (Å²) in [4.78, 5) is 15.9. The number of nitrogens with one attached hydrogen (secondary N) is 2. The standard InChI is InChI=1S/C12H16F3N3O/c1-3-9-5-8(6-10(18-9)16-4-2)11(19)17-7-12(13,14)15/h5-6H,3-4,7H2,1-2H3,(H,16,18)(H,17,19). The van der Waals surface area contributed by atoms with E-state index in [1.54, 1.807) is 0 Å². The Hall–Kier alpha value is -1.79. The van der Waals surface area contributed by atoms with Crippen LogP contribution in [-0.4, -0.2) is 30.2 Å². The van der Waals surface area contributed by atoms with Crippen molar-refractivity contribution >= 4 is 11.7 Å². The fraction of sp³-hybridized carbons (Fsp3) is 0.500. The van der Waals surface area contributed by atoms with E-state index < -0.39 is 18.6 Å². The van der Waals surface area contributed by atoms with E-state index in [1.807, 2.05) is 19.2 Å². The van der Waals surface area contributed by atoms with Gasteiger partial charge in [-0.2, -0.15) is 13.2 Å². The van der Waals surface area contributed by atoms with E-state index in [1.165, 1.54) is 12.1 Å². The summed E-state index contributed by atoms with van der Waals surface area (Å²) in [6, 6.07) is 2.93. The number of alkyl halides is 3. The zero-order valence-electron chi connectivity index (χ0n) is 10.8. The van der Waals surface area contributed by atoms with Crippen LogP contribution in [0.5, 0.6) is 0 Å². The Bertz CT molecular complexity index is 446. The van der Waals surface area contributed by atoms with Gasteiger partial charge in [-0.1, -0.05) is 6.92 Å². The average Bonchev–Trinajstić information content (AvgIpc) is 2.35. The van der Waals surface area contributed by atoms with Crippen molar-refractivity contribution in [2.45, 2.75) is 26.4 Å². The van der Waals surface area contributed by atoms with Crippen LogP contribution < -0.4 is 10.6 Å². The summed E-state index contributed by atoms with van der Waals surface area (Å²) in [5.74, 6) is -0.271. The number of anilines is 1. The quantitative estimate of drug-likeness (QED) is 0.867. The Morgan fingerprint density at radius 3 is 2.53 bits per heavy atom. The molecule has 0 unspecified atom stereocenters. The molecule has 2 N–H and O–H groups in total. The highest BCUT2D eigenvalue weighted by atomic mass is 19.4. The van der Waals surface area contributed by atoms with Crippen LogP contribution >= 0.6 is 0 Å². The molecule has 4 nitrogen and oxygen atoms in total. The third kappa shape index (κ3) is 5.15. The molecule has 0 radical (unpaired) electrons. The lowest BCUT2D eigenvalue weighted by Gasteiger charge is -2.11. The van der Waals surface area contributed by atoms with Gasteiger partial charge in [0.25, 0.3) is 5.91 Å². The maximum Gasteiger partial charge on any atom is 0.405 e. The molecule has 0 aliphatic rings. The molecular formula is C12H16F3N3O. The minimum Gasteiger partial charge on any atom is -0.370 e. The summed E-state index contributed by atoms with van der Waals surface area (Å²) < 4.78 is 36.1. The van der Waals surface area contributed by atoms with Crippen molar-refractivity contribution in [3.8, 4) is 0 Å². The van der Waals surface area contributed by atoms with Gasteiger partial charge in [0.15, 0.2) is 0 Å². The fourth-order valence-corrected chi connectivity index (χ4v) is 1.45. The number of aromatic nitrogens is 1. The van der Waals surface area contributed by atoms with Gasteiger partial charge >= 0.3 is 6.18 Å². The summed E-state index contributed by atoms with van der Waals surface area (Å²) >= 11 is 0. The molecular weight excluding hydrogens is 259 g/mol. The molecule has 0 aromatic carbocycles. The van der Waals surface area contributed by atoms with Crippen LogP contribution in [0.2, 0.25) is 0 Å². The molecule has 19 heavy (non-hydrogen) atoms. The number of amides is 1. The van der Waals surface area contributed by atoms with Gasteiger partial charge in [0.05, 0.1) is 0 Å². The van der Waals surface area contributed by atoms with Crippen molar-refractivity contribution in [2.75, 3.05) is 18.4 Å². The topological polar surface area (TPSA) is 54.0 Å². The summed E-state index contributed by atoms with van der Waals surface area (Å²) in [6.07, 6.45) is -3.82. The maximum absolute atomic E-state index is 12.0. The molecule has 7 heteroatoms. The molecule has 106 valence electrons. The van der Waals surface area contributed by atoms with Crippen molar-refractivity contribution < 1.29 is 18.0 Å². The molecule has 0 aliphatic heterocycles. The van der Waals surface area contributed by atoms with Crippen LogP contribution in [0.3, 0.4) is 0 Å². The predicted molar refractivity (Wildman–Crippen MR) is 66.2 cm³/mol. The molecule has 0 bridgehead atoms. The zero-order chi connectivity index (χ0) is 14.5. The molecule has 0 fully saturated rings. The smallest absolute Gasteiger partial charge is 0.370 e. The highest BCUT2D eigenvalue weighted by Crippen LogP contribution is 2.14. The molecule has 0 atom stereocenters. The lowest BCUT2D eigenvalue weighted by atomic mass is 10.2. The van der Waals surface area contributed by atoms with Gasteiger partial charge in [-0.3, -0.25) is 4.79 Å². The van der Waals surface area contributed by atoms with Crippen LogP contribution in [-0.2, 0) is 6.42 Å². The van der Waals surface area contributed by atoms with E-state index in [0.717, 1.165) is 0 Å².